The van der Waals surface area contributed by atoms with E-state index in [4.69, 9.17) is 4.74 Å². The van der Waals surface area contributed by atoms with Gasteiger partial charge in [0.1, 0.15) is 18.2 Å². The zero-order valence-electron chi connectivity index (χ0n) is 16.0. The molecule has 0 atom stereocenters. The molecule has 146 valence electrons. The van der Waals surface area contributed by atoms with Crippen molar-refractivity contribution in [3.8, 4) is 9.88 Å². The molecule has 0 aliphatic rings. The highest BCUT2D eigenvalue weighted by Crippen LogP contribution is 2.28. The maximum atomic E-state index is 12.2. The third-order valence-electron chi connectivity index (χ3n) is 4.07. The Balaban J connectivity index is 1.46. The maximum absolute atomic E-state index is 12.2. The van der Waals surface area contributed by atoms with Crippen LogP contribution in [0.2, 0.25) is 0 Å². The number of thiazole rings is 1. The number of aromatic nitrogens is 1. The molecule has 2 heterocycles. The Morgan fingerprint density at radius 2 is 1.86 bits per heavy atom. The van der Waals surface area contributed by atoms with Crippen LogP contribution in [0.4, 0.5) is 0 Å². The largest absolute Gasteiger partial charge is 0.458 e. The summed E-state index contributed by atoms with van der Waals surface area (Å²) >= 11 is 3.13. The van der Waals surface area contributed by atoms with Crippen molar-refractivity contribution in [1.29, 1.82) is 0 Å². The van der Waals surface area contributed by atoms with Gasteiger partial charge in [-0.25, -0.2) is 4.98 Å². The van der Waals surface area contributed by atoms with E-state index in [9.17, 15) is 9.59 Å². The van der Waals surface area contributed by atoms with Crippen molar-refractivity contribution in [3.63, 3.8) is 0 Å². The summed E-state index contributed by atoms with van der Waals surface area (Å²) in [7, 11) is 0. The number of thiophene rings is 1. The molecule has 0 aliphatic carbocycles. The summed E-state index contributed by atoms with van der Waals surface area (Å²) < 4.78 is 5.20. The number of benzene rings is 1. The number of hydrogen-bond donors (Lipinski definition) is 1. The maximum Gasteiger partial charge on any atom is 0.325 e. The molecule has 1 N–H and O–H groups in total. The molecular formula is C21H22N2O3S2. The van der Waals surface area contributed by atoms with Crippen LogP contribution >= 0.6 is 22.7 Å². The minimum Gasteiger partial charge on any atom is -0.458 e. The third-order valence-corrected chi connectivity index (χ3v) is 6.00. The predicted octanol–water partition coefficient (Wildman–Crippen LogP) is 4.64. The molecule has 3 aromatic rings. The van der Waals surface area contributed by atoms with Gasteiger partial charge < -0.3 is 10.1 Å². The average Bonchev–Trinajstić information content (AvgIpc) is 3.35. The molecule has 0 saturated heterocycles. The van der Waals surface area contributed by atoms with Crippen LogP contribution in [0, 0.1) is 0 Å². The molecule has 3 rings (SSSR count). The standard InChI is InChI=1S/C21H22N2O3S2/c1-21(2,3)15-8-6-14(7-9-15)19(25)22-11-18(24)26-12-16-13-28-20(23-16)17-5-4-10-27-17/h4-10,13H,11-12H2,1-3H3,(H,22,25). The highest BCUT2D eigenvalue weighted by atomic mass is 32.1. The normalized spacial score (nSPS) is 11.2. The van der Waals surface area contributed by atoms with E-state index in [-0.39, 0.29) is 24.5 Å². The Hall–Kier alpha value is -2.51. The molecule has 0 spiro atoms. The topological polar surface area (TPSA) is 68.3 Å². The average molecular weight is 415 g/mol. The summed E-state index contributed by atoms with van der Waals surface area (Å²) in [6.07, 6.45) is 0. The number of rotatable bonds is 6. The smallest absolute Gasteiger partial charge is 0.325 e. The first-order valence-corrected chi connectivity index (χ1v) is 10.6. The van der Waals surface area contributed by atoms with Crippen LogP contribution in [0.15, 0.2) is 47.2 Å². The van der Waals surface area contributed by atoms with Crippen molar-refractivity contribution in [2.45, 2.75) is 32.8 Å². The quantitative estimate of drug-likeness (QED) is 0.597. The Bertz CT molecular complexity index is 939. The van der Waals surface area contributed by atoms with E-state index in [1.165, 1.54) is 11.3 Å². The van der Waals surface area contributed by atoms with Crippen molar-refractivity contribution in [2.75, 3.05) is 6.54 Å². The van der Waals surface area contributed by atoms with Crippen molar-refractivity contribution in [1.82, 2.24) is 10.3 Å². The summed E-state index contributed by atoms with van der Waals surface area (Å²) in [4.78, 5) is 29.7. The number of carbonyl (C=O) groups excluding carboxylic acids is 2. The summed E-state index contributed by atoms with van der Waals surface area (Å²) in [5, 5.41) is 7.37. The predicted molar refractivity (Wildman–Crippen MR) is 113 cm³/mol. The first-order chi connectivity index (χ1) is 13.3. The van der Waals surface area contributed by atoms with Crippen LogP contribution < -0.4 is 5.32 Å². The number of nitrogens with zero attached hydrogens (tertiary/aromatic N) is 1. The van der Waals surface area contributed by atoms with Crippen molar-refractivity contribution in [3.05, 3.63) is 64.0 Å². The van der Waals surface area contributed by atoms with E-state index in [1.807, 2.05) is 35.0 Å². The highest BCUT2D eigenvalue weighted by molar-refractivity contribution is 7.20. The third kappa shape index (κ3) is 5.27. The Kier molecular flexibility index (Phi) is 6.26. The first kappa shape index (κ1) is 20.2. The minimum atomic E-state index is -0.495. The van der Waals surface area contributed by atoms with Crippen LogP contribution in [0.5, 0.6) is 0 Å². The van der Waals surface area contributed by atoms with Gasteiger partial charge in [0.15, 0.2) is 0 Å². The lowest BCUT2D eigenvalue weighted by molar-refractivity contribution is -0.143. The highest BCUT2D eigenvalue weighted by Gasteiger charge is 2.15. The second-order valence-electron chi connectivity index (χ2n) is 7.29. The number of esters is 1. The van der Waals surface area contributed by atoms with E-state index in [0.717, 1.165) is 15.4 Å². The number of carbonyl (C=O) groups is 2. The second-order valence-corrected chi connectivity index (χ2v) is 9.10. The summed E-state index contributed by atoms with van der Waals surface area (Å²) in [6.45, 7) is 6.26. The van der Waals surface area contributed by atoms with Crippen LogP contribution in [-0.2, 0) is 21.6 Å². The van der Waals surface area contributed by atoms with Gasteiger partial charge in [0.05, 0.1) is 10.6 Å². The van der Waals surface area contributed by atoms with E-state index in [2.05, 4.69) is 31.1 Å². The molecule has 1 aromatic carbocycles. The molecule has 0 unspecified atom stereocenters. The molecule has 1 amide bonds. The van der Waals surface area contributed by atoms with Gasteiger partial charge in [-0.05, 0) is 34.6 Å². The number of ether oxygens (including phenoxy) is 1. The van der Waals surface area contributed by atoms with Gasteiger partial charge in [0.2, 0.25) is 0 Å². The Morgan fingerprint density at radius 3 is 2.50 bits per heavy atom. The Morgan fingerprint density at radius 1 is 1.11 bits per heavy atom. The molecule has 2 aromatic heterocycles. The molecule has 0 radical (unpaired) electrons. The van der Waals surface area contributed by atoms with Gasteiger partial charge in [-0.3, -0.25) is 9.59 Å². The van der Waals surface area contributed by atoms with Gasteiger partial charge in [0.25, 0.3) is 5.91 Å². The van der Waals surface area contributed by atoms with E-state index in [0.29, 0.717) is 11.3 Å². The van der Waals surface area contributed by atoms with Crippen molar-refractivity contribution < 1.29 is 14.3 Å². The van der Waals surface area contributed by atoms with E-state index >= 15 is 0 Å². The fourth-order valence-electron chi connectivity index (χ4n) is 2.47. The Labute approximate surface area is 172 Å². The number of nitrogens with one attached hydrogen (secondary N) is 1. The molecule has 0 bridgehead atoms. The fraction of sp³-hybridized carbons (Fsp3) is 0.286. The second kappa shape index (κ2) is 8.67. The monoisotopic (exact) mass is 414 g/mol. The van der Waals surface area contributed by atoms with Crippen LogP contribution in [0.3, 0.4) is 0 Å². The molecule has 0 fully saturated rings. The summed E-state index contributed by atoms with van der Waals surface area (Å²) in [5.41, 5.74) is 2.39. The van der Waals surface area contributed by atoms with Crippen molar-refractivity contribution in [2.24, 2.45) is 0 Å². The van der Waals surface area contributed by atoms with E-state index < -0.39 is 5.97 Å². The first-order valence-electron chi connectivity index (χ1n) is 8.85. The van der Waals surface area contributed by atoms with Gasteiger partial charge in [-0.15, -0.1) is 22.7 Å². The van der Waals surface area contributed by atoms with Gasteiger partial charge >= 0.3 is 5.97 Å². The SMILES string of the molecule is CC(C)(C)c1ccc(C(=O)NCC(=O)OCc2csc(-c3cccs3)n2)cc1. The lowest BCUT2D eigenvalue weighted by Crippen LogP contribution is -2.30. The molecule has 0 saturated carbocycles. The summed E-state index contributed by atoms with van der Waals surface area (Å²) in [6, 6.07) is 11.4. The van der Waals surface area contributed by atoms with Crippen LogP contribution in [-0.4, -0.2) is 23.4 Å². The summed E-state index contributed by atoms with van der Waals surface area (Å²) in [5.74, 6) is -0.795. The lowest BCUT2D eigenvalue weighted by atomic mass is 9.87. The molecule has 28 heavy (non-hydrogen) atoms. The number of amides is 1. The van der Waals surface area contributed by atoms with Gasteiger partial charge in [-0.2, -0.15) is 0 Å². The van der Waals surface area contributed by atoms with Crippen LogP contribution in [0.25, 0.3) is 9.88 Å². The van der Waals surface area contributed by atoms with E-state index in [1.54, 1.807) is 23.5 Å². The number of hydrogen-bond acceptors (Lipinski definition) is 6. The van der Waals surface area contributed by atoms with Gasteiger partial charge in [0, 0.05) is 10.9 Å². The molecule has 7 heteroatoms. The zero-order chi connectivity index (χ0) is 20.1. The van der Waals surface area contributed by atoms with Gasteiger partial charge in [-0.1, -0.05) is 39.0 Å². The molecular weight excluding hydrogens is 392 g/mol. The zero-order valence-corrected chi connectivity index (χ0v) is 17.7. The minimum absolute atomic E-state index is 0.0257. The molecule has 5 nitrogen and oxygen atoms in total. The van der Waals surface area contributed by atoms with Crippen LogP contribution in [0.1, 0.15) is 42.4 Å². The fourth-order valence-corrected chi connectivity index (χ4v) is 4.09. The molecule has 0 aliphatic heterocycles. The lowest BCUT2D eigenvalue weighted by Gasteiger charge is -2.19. The van der Waals surface area contributed by atoms with Crippen molar-refractivity contribution >= 4 is 34.6 Å².